The van der Waals surface area contributed by atoms with E-state index >= 15 is 0 Å². The highest BCUT2D eigenvalue weighted by atomic mass is 16.5. The third-order valence-corrected chi connectivity index (χ3v) is 5.92. The van der Waals surface area contributed by atoms with Crippen molar-refractivity contribution in [2.24, 2.45) is 12.0 Å². The van der Waals surface area contributed by atoms with Crippen LogP contribution in [0.25, 0.3) is 0 Å². The summed E-state index contributed by atoms with van der Waals surface area (Å²) in [5, 5.41) is 7.89. The number of nitrogens with zero attached hydrogens (tertiary/aromatic N) is 6. The average Bonchev–Trinajstić information content (AvgIpc) is 3.22. The van der Waals surface area contributed by atoms with Gasteiger partial charge in [0.05, 0.1) is 26.5 Å². The van der Waals surface area contributed by atoms with Crippen molar-refractivity contribution >= 4 is 5.96 Å². The molecule has 1 aliphatic rings. The third-order valence-electron chi connectivity index (χ3n) is 5.92. The van der Waals surface area contributed by atoms with Gasteiger partial charge in [-0.15, -0.1) is 0 Å². The van der Waals surface area contributed by atoms with Crippen molar-refractivity contribution in [3.8, 4) is 11.5 Å². The molecule has 1 unspecified atom stereocenters. The zero-order valence-electron chi connectivity index (χ0n) is 20.2. The minimum absolute atomic E-state index is 0.229. The number of methoxy groups -OCH3 is 2. The molecular weight excluding hydrogens is 406 g/mol. The number of ether oxygens (including phenoxy) is 2. The molecule has 32 heavy (non-hydrogen) atoms. The second-order valence-corrected chi connectivity index (χ2v) is 8.31. The highest BCUT2D eigenvalue weighted by Gasteiger charge is 2.22. The smallest absolute Gasteiger partial charge is 0.193 e. The summed E-state index contributed by atoms with van der Waals surface area (Å²) < 4.78 is 12.6. The Bertz CT molecular complexity index is 888. The molecule has 3 rings (SSSR count). The van der Waals surface area contributed by atoms with Crippen LogP contribution in [0.3, 0.4) is 0 Å². The molecule has 0 spiro atoms. The van der Waals surface area contributed by atoms with E-state index in [9.17, 15) is 0 Å². The number of piperazine rings is 1. The van der Waals surface area contributed by atoms with Crippen molar-refractivity contribution in [3.05, 3.63) is 41.7 Å². The van der Waals surface area contributed by atoms with Crippen molar-refractivity contribution in [1.82, 2.24) is 29.8 Å². The maximum Gasteiger partial charge on any atom is 0.193 e. The monoisotopic (exact) mass is 443 g/mol. The molecular formula is C23H37N7O2. The maximum atomic E-state index is 5.44. The number of hydrogen-bond acceptors (Lipinski definition) is 6. The van der Waals surface area contributed by atoms with E-state index in [1.165, 1.54) is 11.1 Å². The zero-order valence-corrected chi connectivity index (χ0v) is 20.2. The Morgan fingerprint density at radius 2 is 1.88 bits per heavy atom. The summed E-state index contributed by atoms with van der Waals surface area (Å²) in [6.07, 6.45) is 4.00. The number of hydrogen-bond donors (Lipinski definition) is 1. The Balaban J connectivity index is 1.53. The average molecular weight is 444 g/mol. The molecule has 176 valence electrons. The fraction of sp³-hybridized carbons (Fsp3) is 0.565. The number of likely N-dealkylation sites (N-methyl/N-ethyl adjacent to an activating group) is 1. The number of aliphatic imine (C=N–C) groups is 1. The predicted molar refractivity (Wildman–Crippen MR) is 127 cm³/mol. The zero-order chi connectivity index (χ0) is 23.1. The molecule has 0 aliphatic carbocycles. The van der Waals surface area contributed by atoms with Crippen LogP contribution < -0.4 is 14.8 Å². The molecule has 1 atom stereocenters. The quantitative estimate of drug-likeness (QED) is 0.489. The van der Waals surface area contributed by atoms with Crippen molar-refractivity contribution < 1.29 is 9.47 Å². The molecule has 0 saturated carbocycles. The number of guanidine groups is 1. The number of benzene rings is 1. The van der Waals surface area contributed by atoms with Gasteiger partial charge in [0.25, 0.3) is 0 Å². The normalized spacial score (nSPS) is 16.3. The molecule has 1 aliphatic heterocycles. The van der Waals surface area contributed by atoms with Crippen LogP contribution in [0.2, 0.25) is 0 Å². The molecule has 1 fully saturated rings. The molecule has 2 heterocycles. The highest BCUT2D eigenvalue weighted by molar-refractivity contribution is 5.80. The van der Waals surface area contributed by atoms with E-state index in [0.29, 0.717) is 0 Å². The van der Waals surface area contributed by atoms with Gasteiger partial charge in [0.2, 0.25) is 0 Å². The number of rotatable bonds is 8. The summed E-state index contributed by atoms with van der Waals surface area (Å²) in [5.41, 5.74) is 2.42. The van der Waals surface area contributed by atoms with Gasteiger partial charge in [-0.2, -0.15) is 5.10 Å². The van der Waals surface area contributed by atoms with E-state index in [0.717, 1.165) is 56.7 Å². The van der Waals surface area contributed by atoms with Gasteiger partial charge in [0.15, 0.2) is 17.5 Å². The lowest BCUT2D eigenvalue weighted by atomic mass is 10.1. The molecule has 1 saturated heterocycles. The second-order valence-electron chi connectivity index (χ2n) is 8.31. The summed E-state index contributed by atoms with van der Waals surface area (Å²) in [5.74, 6) is 2.49. The third kappa shape index (κ3) is 5.92. The number of nitrogens with one attached hydrogen (secondary N) is 1. The van der Waals surface area contributed by atoms with E-state index in [1.54, 1.807) is 14.2 Å². The van der Waals surface area contributed by atoms with Crippen molar-refractivity contribution in [2.75, 3.05) is 68.1 Å². The lowest BCUT2D eigenvalue weighted by Crippen LogP contribution is -2.53. The first-order chi connectivity index (χ1) is 15.4. The Morgan fingerprint density at radius 1 is 1.16 bits per heavy atom. The number of aromatic nitrogens is 2. The molecule has 1 aromatic carbocycles. The van der Waals surface area contributed by atoms with Gasteiger partial charge in [0.1, 0.15) is 0 Å². The topological polar surface area (TPSA) is 70.4 Å². The van der Waals surface area contributed by atoms with Crippen molar-refractivity contribution in [2.45, 2.75) is 12.6 Å². The Hall–Kier alpha value is -2.78. The van der Waals surface area contributed by atoms with Gasteiger partial charge in [-0.05, 0) is 31.8 Å². The Labute approximate surface area is 191 Å². The summed E-state index contributed by atoms with van der Waals surface area (Å²) in [7, 11) is 11.3. The molecule has 2 aromatic rings. The Kier molecular flexibility index (Phi) is 8.35. The lowest BCUT2D eigenvalue weighted by Gasteiger charge is -2.37. The summed E-state index contributed by atoms with van der Waals surface area (Å²) in [6.45, 7) is 5.50. The van der Waals surface area contributed by atoms with Gasteiger partial charge in [-0.1, -0.05) is 6.07 Å². The van der Waals surface area contributed by atoms with E-state index in [-0.39, 0.29) is 6.04 Å². The summed E-state index contributed by atoms with van der Waals surface area (Å²) >= 11 is 0. The SMILES string of the molecule is CN=C(NCC(c1cnn(C)c1)N(C)C)N1CCN(Cc2ccc(OC)c(OC)c2)CC1. The molecule has 9 nitrogen and oxygen atoms in total. The van der Waals surface area contributed by atoms with Crippen LogP contribution in [0.5, 0.6) is 11.5 Å². The van der Waals surface area contributed by atoms with E-state index in [4.69, 9.17) is 9.47 Å². The van der Waals surface area contributed by atoms with E-state index in [2.05, 4.69) is 62.5 Å². The number of aryl methyl sites for hydroxylation is 1. The highest BCUT2D eigenvalue weighted by Crippen LogP contribution is 2.28. The van der Waals surface area contributed by atoms with E-state index in [1.807, 2.05) is 31.0 Å². The van der Waals surface area contributed by atoms with Crippen LogP contribution in [-0.4, -0.2) is 98.5 Å². The minimum atomic E-state index is 0.229. The molecule has 0 amide bonds. The molecule has 0 bridgehead atoms. The van der Waals surface area contributed by atoms with Crippen LogP contribution >= 0.6 is 0 Å². The van der Waals surface area contributed by atoms with Crippen LogP contribution in [0.15, 0.2) is 35.6 Å². The van der Waals surface area contributed by atoms with Crippen LogP contribution in [0.1, 0.15) is 17.2 Å². The van der Waals surface area contributed by atoms with Gasteiger partial charge in [-0.3, -0.25) is 14.6 Å². The fourth-order valence-electron chi connectivity index (χ4n) is 4.09. The van der Waals surface area contributed by atoms with Gasteiger partial charge in [0, 0.05) is 65.1 Å². The maximum absolute atomic E-state index is 5.44. The van der Waals surface area contributed by atoms with E-state index < -0.39 is 0 Å². The van der Waals surface area contributed by atoms with Crippen LogP contribution in [-0.2, 0) is 13.6 Å². The first-order valence-corrected chi connectivity index (χ1v) is 11.0. The first-order valence-electron chi connectivity index (χ1n) is 11.0. The largest absolute Gasteiger partial charge is 0.493 e. The first kappa shape index (κ1) is 23.9. The van der Waals surface area contributed by atoms with Crippen molar-refractivity contribution in [3.63, 3.8) is 0 Å². The van der Waals surface area contributed by atoms with Crippen molar-refractivity contribution in [1.29, 1.82) is 0 Å². The minimum Gasteiger partial charge on any atom is -0.493 e. The standard InChI is InChI=1S/C23H37N7O2/c1-24-23(25-15-20(27(2)3)19-14-26-28(4)17-19)30-11-9-29(10-12-30)16-18-7-8-21(31-5)22(13-18)32-6/h7-8,13-14,17,20H,9-12,15-16H2,1-6H3,(H,24,25). The molecule has 1 aromatic heterocycles. The molecule has 1 N–H and O–H groups in total. The van der Waals surface area contributed by atoms with Gasteiger partial charge < -0.3 is 24.6 Å². The Morgan fingerprint density at radius 3 is 2.44 bits per heavy atom. The molecule has 0 radical (unpaired) electrons. The fourth-order valence-corrected chi connectivity index (χ4v) is 4.09. The second kappa shape index (κ2) is 11.2. The predicted octanol–water partition coefficient (Wildman–Crippen LogP) is 1.43. The van der Waals surface area contributed by atoms with Gasteiger partial charge in [-0.25, -0.2) is 0 Å². The summed E-state index contributed by atoms with van der Waals surface area (Å²) in [4.78, 5) is 11.5. The van der Waals surface area contributed by atoms with Crippen LogP contribution in [0, 0.1) is 0 Å². The van der Waals surface area contributed by atoms with Crippen LogP contribution in [0.4, 0.5) is 0 Å². The molecule has 9 heteroatoms. The lowest BCUT2D eigenvalue weighted by molar-refractivity contribution is 0.171. The van der Waals surface area contributed by atoms with Gasteiger partial charge >= 0.3 is 0 Å². The summed E-state index contributed by atoms with van der Waals surface area (Å²) in [6, 6.07) is 6.37.